The Morgan fingerprint density at radius 3 is 2.30 bits per heavy atom. The summed E-state index contributed by atoms with van der Waals surface area (Å²) in [4.78, 5) is 23.5. The fraction of sp³-hybridized carbons (Fsp3) is 0.222. The second-order valence-electron chi connectivity index (χ2n) is 6.09. The van der Waals surface area contributed by atoms with Crippen molar-refractivity contribution in [2.24, 2.45) is 7.05 Å². The fourth-order valence-corrected chi connectivity index (χ4v) is 3.90. The Balaban J connectivity index is 1.72. The van der Waals surface area contributed by atoms with Gasteiger partial charge in [-0.2, -0.15) is 0 Å². The number of benzene rings is 2. The zero-order chi connectivity index (χ0) is 19.6. The maximum Gasteiger partial charge on any atom is 0.328 e. The topological polar surface area (TPSA) is 102 Å². The van der Waals surface area contributed by atoms with E-state index in [1.807, 2.05) is 24.3 Å². The Bertz CT molecular complexity index is 1140. The van der Waals surface area contributed by atoms with Crippen LogP contribution in [0.1, 0.15) is 6.92 Å². The molecule has 8 nitrogen and oxygen atoms in total. The Kier molecular flexibility index (Phi) is 5.15. The molecule has 0 saturated carbocycles. The summed E-state index contributed by atoms with van der Waals surface area (Å²) < 4.78 is 30.4. The molecule has 0 aliphatic heterocycles. The van der Waals surface area contributed by atoms with Crippen molar-refractivity contribution in [1.29, 1.82) is 0 Å². The molecule has 0 atom stereocenters. The number of amides is 1. The third-order valence-corrected chi connectivity index (χ3v) is 5.64. The van der Waals surface area contributed by atoms with Crippen molar-refractivity contribution < 1.29 is 13.2 Å². The maximum atomic E-state index is 12.4. The van der Waals surface area contributed by atoms with Crippen molar-refractivity contribution in [2.45, 2.75) is 18.4 Å². The molecule has 0 aliphatic carbocycles. The predicted octanol–water partition coefficient (Wildman–Crippen LogP) is 1.28. The van der Waals surface area contributed by atoms with E-state index in [-0.39, 0.29) is 29.6 Å². The minimum Gasteiger partial charge on any atom is -0.326 e. The molecule has 2 aromatic carbocycles. The quantitative estimate of drug-likeness (QED) is 0.664. The minimum atomic E-state index is -3.72. The lowest BCUT2D eigenvalue weighted by atomic mass is 10.3. The van der Waals surface area contributed by atoms with E-state index in [0.717, 1.165) is 11.0 Å². The molecular formula is C18H20N4O4S. The van der Waals surface area contributed by atoms with E-state index in [1.54, 1.807) is 7.05 Å². The highest BCUT2D eigenvalue weighted by atomic mass is 32.2. The highest BCUT2D eigenvalue weighted by molar-refractivity contribution is 7.89. The van der Waals surface area contributed by atoms with Crippen LogP contribution in [-0.2, 0) is 28.4 Å². The average Bonchev–Trinajstić information content (AvgIpc) is 2.87. The summed E-state index contributed by atoms with van der Waals surface area (Å²) in [6, 6.07) is 13.2. The first-order valence-electron chi connectivity index (χ1n) is 8.31. The molecule has 1 heterocycles. The predicted molar refractivity (Wildman–Crippen MR) is 103 cm³/mol. The summed E-state index contributed by atoms with van der Waals surface area (Å²) in [5.41, 5.74) is 1.86. The van der Waals surface area contributed by atoms with Gasteiger partial charge in [0.05, 0.1) is 15.9 Å². The lowest BCUT2D eigenvalue weighted by Gasteiger charge is -2.09. The van der Waals surface area contributed by atoms with Crippen LogP contribution in [0.2, 0.25) is 0 Å². The summed E-state index contributed by atoms with van der Waals surface area (Å²) in [5.74, 6) is -0.232. The second kappa shape index (κ2) is 7.37. The van der Waals surface area contributed by atoms with Crippen LogP contribution >= 0.6 is 0 Å². The molecule has 3 aromatic rings. The Labute approximate surface area is 156 Å². The molecule has 0 radical (unpaired) electrons. The summed E-state index contributed by atoms with van der Waals surface area (Å²) in [6.07, 6.45) is 0. The first-order chi connectivity index (χ1) is 12.8. The van der Waals surface area contributed by atoms with Crippen molar-refractivity contribution in [1.82, 2.24) is 13.9 Å². The van der Waals surface area contributed by atoms with Gasteiger partial charge in [-0.25, -0.2) is 17.9 Å². The number of hydrogen-bond acceptors (Lipinski definition) is 4. The molecule has 2 N–H and O–H groups in total. The molecular weight excluding hydrogens is 368 g/mol. The smallest absolute Gasteiger partial charge is 0.326 e. The number of anilines is 1. The second-order valence-corrected chi connectivity index (χ2v) is 7.85. The van der Waals surface area contributed by atoms with Gasteiger partial charge in [-0.15, -0.1) is 0 Å². The molecule has 0 aliphatic rings. The third-order valence-electron chi connectivity index (χ3n) is 4.16. The highest BCUT2D eigenvalue weighted by Crippen LogP contribution is 2.14. The van der Waals surface area contributed by atoms with Crippen LogP contribution < -0.4 is 15.7 Å². The van der Waals surface area contributed by atoms with Crippen molar-refractivity contribution in [2.75, 3.05) is 11.9 Å². The SMILES string of the molecule is CC(=O)Nc1ccc(S(=O)(=O)NCCn2c(=O)n(C)c3ccccc32)cc1. The molecule has 0 bridgehead atoms. The molecule has 0 fully saturated rings. The molecule has 9 heteroatoms. The van der Waals surface area contributed by atoms with E-state index in [2.05, 4.69) is 10.0 Å². The largest absolute Gasteiger partial charge is 0.328 e. The summed E-state index contributed by atoms with van der Waals surface area (Å²) in [6.45, 7) is 1.66. The van der Waals surface area contributed by atoms with E-state index in [1.165, 1.54) is 40.3 Å². The molecule has 27 heavy (non-hydrogen) atoms. The zero-order valence-electron chi connectivity index (χ0n) is 15.0. The Morgan fingerprint density at radius 2 is 1.67 bits per heavy atom. The molecule has 0 unspecified atom stereocenters. The maximum absolute atomic E-state index is 12.4. The van der Waals surface area contributed by atoms with E-state index in [0.29, 0.717) is 5.69 Å². The summed E-state index contributed by atoms with van der Waals surface area (Å²) in [7, 11) is -2.04. The number of nitrogens with one attached hydrogen (secondary N) is 2. The van der Waals surface area contributed by atoms with E-state index < -0.39 is 10.0 Å². The molecule has 0 spiro atoms. The number of fused-ring (bicyclic) bond motifs is 1. The average molecular weight is 388 g/mol. The Morgan fingerprint density at radius 1 is 1.04 bits per heavy atom. The van der Waals surface area contributed by atoms with Crippen LogP contribution in [0.5, 0.6) is 0 Å². The fourth-order valence-electron chi connectivity index (χ4n) is 2.88. The van der Waals surface area contributed by atoms with Crippen LogP contribution in [0.15, 0.2) is 58.2 Å². The van der Waals surface area contributed by atoms with Gasteiger partial charge in [-0.3, -0.25) is 13.9 Å². The number of nitrogens with zero attached hydrogens (tertiary/aromatic N) is 2. The van der Waals surface area contributed by atoms with Gasteiger partial charge in [-0.05, 0) is 36.4 Å². The van der Waals surface area contributed by atoms with Crippen molar-refractivity contribution in [3.8, 4) is 0 Å². The van der Waals surface area contributed by atoms with Gasteiger partial charge in [0.1, 0.15) is 0 Å². The lowest BCUT2D eigenvalue weighted by Crippen LogP contribution is -2.31. The van der Waals surface area contributed by atoms with Gasteiger partial charge in [-0.1, -0.05) is 12.1 Å². The Hall–Kier alpha value is -2.91. The van der Waals surface area contributed by atoms with Gasteiger partial charge in [0.25, 0.3) is 0 Å². The standard InChI is InChI=1S/C18H20N4O4S/c1-13(23)20-14-7-9-15(10-8-14)27(25,26)19-11-12-22-17-6-4-3-5-16(17)21(2)18(22)24/h3-10,19H,11-12H2,1-2H3,(H,20,23). The molecule has 0 saturated heterocycles. The number of para-hydroxylation sites is 2. The third kappa shape index (κ3) is 3.93. The number of carbonyl (C=O) groups is 1. The first kappa shape index (κ1) is 18.9. The first-order valence-corrected chi connectivity index (χ1v) is 9.79. The molecule has 1 amide bonds. The lowest BCUT2D eigenvalue weighted by molar-refractivity contribution is -0.114. The monoisotopic (exact) mass is 388 g/mol. The van der Waals surface area contributed by atoms with E-state index >= 15 is 0 Å². The van der Waals surface area contributed by atoms with Gasteiger partial charge in [0, 0.05) is 32.7 Å². The molecule has 142 valence electrons. The molecule has 3 rings (SSSR count). The number of aromatic nitrogens is 2. The number of aryl methyl sites for hydroxylation is 1. The summed E-state index contributed by atoms with van der Waals surface area (Å²) in [5, 5.41) is 2.58. The van der Waals surface area contributed by atoms with Gasteiger partial charge < -0.3 is 5.32 Å². The number of hydrogen-bond donors (Lipinski definition) is 2. The van der Waals surface area contributed by atoms with Crippen LogP contribution in [0, 0.1) is 0 Å². The van der Waals surface area contributed by atoms with Crippen LogP contribution in [0.25, 0.3) is 11.0 Å². The summed E-state index contributed by atoms with van der Waals surface area (Å²) >= 11 is 0. The van der Waals surface area contributed by atoms with Gasteiger partial charge in [0.2, 0.25) is 15.9 Å². The van der Waals surface area contributed by atoms with Crippen LogP contribution in [0.4, 0.5) is 5.69 Å². The van der Waals surface area contributed by atoms with E-state index in [9.17, 15) is 18.0 Å². The number of rotatable bonds is 6. The normalized spacial score (nSPS) is 11.6. The van der Waals surface area contributed by atoms with Crippen molar-refractivity contribution in [3.05, 3.63) is 59.0 Å². The zero-order valence-corrected chi connectivity index (χ0v) is 15.8. The number of carbonyl (C=O) groups excluding carboxylic acids is 1. The van der Waals surface area contributed by atoms with Crippen LogP contribution in [-0.4, -0.2) is 30.0 Å². The van der Waals surface area contributed by atoms with Crippen LogP contribution in [0.3, 0.4) is 0 Å². The van der Waals surface area contributed by atoms with Gasteiger partial charge >= 0.3 is 5.69 Å². The minimum absolute atomic E-state index is 0.0731. The highest BCUT2D eigenvalue weighted by Gasteiger charge is 2.15. The van der Waals surface area contributed by atoms with Crippen molar-refractivity contribution in [3.63, 3.8) is 0 Å². The number of sulfonamides is 1. The molecule has 1 aromatic heterocycles. The van der Waals surface area contributed by atoms with Gasteiger partial charge in [0.15, 0.2) is 0 Å². The number of imidazole rings is 1. The van der Waals surface area contributed by atoms with Crippen molar-refractivity contribution >= 4 is 32.7 Å². The van der Waals surface area contributed by atoms with E-state index in [4.69, 9.17) is 0 Å².